The van der Waals surface area contributed by atoms with Crippen LogP contribution in [0.5, 0.6) is 0 Å². The van der Waals surface area contributed by atoms with Crippen molar-refractivity contribution in [3.63, 3.8) is 0 Å². The predicted molar refractivity (Wildman–Crippen MR) is 66.5 cm³/mol. The number of hydrogen-bond acceptors (Lipinski definition) is 2. The van der Waals surface area contributed by atoms with Crippen LogP contribution in [0.1, 0.15) is 59.3 Å². The molecule has 1 heterocycles. The molecule has 1 aliphatic heterocycles. The minimum atomic E-state index is 0.186. The van der Waals surface area contributed by atoms with Crippen LogP contribution in [0.25, 0.3) is 0 Å². The molecule has 0 aliphatic carbocycles. The van der Waals surface area contributed by atoms with Crippen molar-refractivity contribution in [1.82, 2.24) is 0 Å². The zero-order valence-corrected chi connectivity index (χ0v) is 11.0. The highest BCUT2D eigenvalue weighted by Crippen LogP contribution is 2.25. The van der Waals surface area contributed by atoms with Crippen LogP contribution in [0.15, 0.2) is 0 Å². The second-order valence-electron chi connectivity index (χ2n) is 5.16. The summed E-state index contributed by atoms with van der Waals surface area (Å²) in [5.74, 6) is 1.22. The molecule has 0 aromatic carbocycles. The van der Waals surface area contributed by atoms with Gasteiger partial charge in [0.25, 0.3) is 0 Å². The van der Waals surface area contributed by atoms with Gasteiger partial charge in [-0.05, 0) is 19.3 Å². The van der Waals surface area contributed by atoms with Gasteiger partial charge < -0.3 is 4.74 Å². The second kappa shape index (κ2) is 7.05. The molecule has 1 aliphatic rings. The third-order valence-corrected chi connectivity index (χ3v) is 3.69. The van der Waals surface area contributed by atoms with Crippen molar-refractivity contribution in [2.24, 2.45) is 11.8 Å². The molecule has 0 aromatic heterocycles. The molecule has 0 spiro atoms. The lowest BCUT2D eigenvalue weighted by Crippen LogP contribution is -2.18. The van der Waals surface area contributed by atoms with Crippen LogP contribution in [0.4, 0.5) is 0 Å². The number of rotatable bonds is 7. The van der Waals surface area contributed by atoms with Gasteiger partial charge in [0.1, 0.15) is 5.78 Å². The third-order valence-electron chi connectivity index (χ3n) is 3.69. The van der Waals surface area contributed by atoms with Crippen LogP contribution in [0, 0.1) is 11.8 Å². The number of hydrogen-bond donors (Lipinski definition) is 0. The Morgan fingerprint density at radius 3 is 2.69 bits per heavy atom. The quantitative estimate of drug-likeness (QED) is 0.663. The summed E-state index contributed by atoms with van der Waals surface area (Å²) in [5.41, 5.74) is 0. The van der Waals surface area contributed by atoms with Gasteiger partial charge in [0, 0.05) is 12.3 Å². The lowest BCUT2D eigenvalue weighted by Gasteiger charge is -2.15. The fourth-order valence-corrected chi connectivity index (χ4v) is 2.44. The van der Waals surface area contributed by atoms with Gasteiger partial charge in [0.2, 0.25) is 0 Å². The van der Waals surface area contributed by atoms with E-state index in [0.717, 1.165) is 19.3 Å². The summed E-state index contributed by atoms with van der Waals surface area (Å²) in [5, 5.41) is 0. The van der Waals surface area contributed by atoms with Gasteiger partial charge in [-0.3, -0.25) is 4.79 Å². The monoisotopic (exact) mass is 226 g/mol. The second-order valence-corrected chi connectivity index (χ2v) is 5.16. The van der Waals surface area contributed by atoms with E-state index in [4.69, 9.17) is 4.74 Å². The number of ether oxygens (including phenoxy) is 1. The van der Waals surface area contributed by atoms with Crippen molar-refractivity contribution in [3.8, 4) is 0 Å². The SMILES string of the molecule is CCCCC(CC)CC(=O)C1COC(C)C1. The highest BCUT2D eigenvalue weighted by atomic mass is 16.5. The van der Waals surface area contributed by atoms with Crippen LogP contribution < -0.4 is 0 Å². The minimum absolute atomic E-state index is 0.186. The molecule has 94 valence electrons. The third kappa shape index (κ3) is 4.25. The first kappa shape index (κ1) is 13.7. The summed E-state index contributed by atoms with van der Waals surface area (Å²) in [7, 11) is 0. The molecular formula is C14H26O2. The topological polar surface area (TPSA) is 26.3 Å². The Kier molecular flexibility index (Phi) is 6.04. The normalized spacial score (nSPS) is 26.9. The molecule has 0 radical (unpaired) electrons. The fourth-order valence-electron chi connectivity index (χ4n) is 2.44. The number of carbonyl (C=O) groups is 1. The van der Waals surface area contributed by atoms with E-state index in [1.807, 2.05) is 0 Å². The van der Waals surface area contributed by atoms with E-state index < -0.39 is 0 Å². The van der Waals surface area contributed by atoms with E-state index >= 15 is 0 Å². The standard InChI is InChI=1S/C14H26O2/c1-4-6-7-12(5-2)9-14(15)13-8-11(3)16-10-13/h11-13H,4-10H2,1-3H3. The molecule has 0 aromatic rings. The maximum absolute atomic E-state index is 12.0. The average molecular weight is 226 g/mol. The first-order chi connectivity index (χ1) is 7.67. The Morgan fingerprint density at radius 1 is 1.44 bits per heavy atom. The molecule has 16 heavy (non-hydrogen) atoms. The average Bonchev–Trinajstić information content (AvgIpc) is 2.70. The van der Waals surface area contributed by atoms with E-state index in [2.05, 4.69) is 20.8 Å². The van der Waals surface area contributed by atoms with E-state index in [9.17, 15) is 4.79 Å². The van der Waals surface area contributed by atoms with E-state index in [0.29, 0.717) is 18.3 Å². The van der Waals surface area contributed by atoms with Crippen LogP contribution >= 0.6 is 0 Å². The number of carbonyl (C=O) groups excluding carboxylic acids is 1. The molecule has 2 nitrogen and oxygen atoms in total. The summed E-state index contributed by atoms with van der Waals surface area (Å²) in [6.07, 6.45) is 6.82. The number of Topliss-reactive ketones (excluding diaryl/α,β-unsaturated/α-hetero) is 1. The first-order valence-electron chi connectivity index (χ1n) is 6.81. The highest BCUT2D eigenvalue weighted by molar-refractivity contribution is 5.81. The molecule has 1 rings (SSSR count). The molecule has 1 fully saturated rings. The Labute approximate surface area is 99.8 Å². The molecule has 3 atom stereocenters. The lowest BCUT2D eigenvalue weighted by atomic mass is 9.88. The van der Waals surface area contributed by atoms with Crippen molar-refractivity contribution in [2.45, 2.75) is 65.4 Å². The molecule has 2 heteroatoms. The van der Waals surface area contributed by atoms with E-state index in [-0.39, 0.29) is 12.0 Å². The van der Waals surface area contributed by atoms with Crippen LogP contribution in [0.2, 0.25) is 0 Å². The summed E-state index contributed by atoms with van der Waals surface area (Å²) in [6, 6.07) is 0. The number of ketones is 1. The van der Waals surface area contributed by atoms with Gasteiger partial charge in [-0.1, -0.05) is 39.5 Å². The van der Waals surface area contributed by atoms with Crippen molar-refractivity contribution < 1.29 is 9.53 Å². The largest absolute Gasteiger partial charge is 0.378 e. The summed E-state index contributed by atoms with van der Waals surface area (Å²) >= 11 is 0. The van der Waals surface area contributed by atoms with Gasteiger partial charge in [0.15, 0.2) is 0 Å². The number of unbranched alkanes of at least 4 members (excludes halogenated alkanes) is 1. The van der Waals surface area contributed by atoms with Crippen molar-refractivity contribution in [2.75, 3.05) is 6.61 Å². The lowest BCUT2D eigenvalue weighted by molar-refractivity contribution is -0.123. The zero-order valence-electron chi connectivity index (χ0n) is 11.0. The maximum Gasteiger partial charge on any atom is 0.138 e. The smallest absolute Gasteiger partial charge is 0.138 e. The Morgan fingerprint density at radius 2 is 2.19 bits per heavy atom. The Hall–Kier alpha value is -0.370. The van der Waals surface area contributed by atoms with Gasteiger partial charge in [-0.25, -0.2) is 0 Å². The van der Waals surface area contributed by atoms with Gasteiger partial charge in [0.05, 0.1) is 12.7 Å². The fraction of sp³-hybridized carbons (Fsp3) is 0.929. The van der Waals surface area contributed by atoms with Gasteiger partial charge in [-0.15, -0.1) is 0 Å². The van der Waals surface area contributed by atoms with Crippen LogP contribution in [-0.4, -0.2) is 18.5 Å². The van der Waals surface area contributed by atoms with Crippen molar-refractivity contribution in [3.05, 3.63) is 0 Å². The molecule has 0 amide bonds. The van der Waals surface area contributed by atoms with Crippen LogP contribution in [-0.2, 0) is 9.53 Å². The van der Waals surface area contributed by atoms with Crippen molar-refractivity contribution in [1.29, 1.82) is 0 Å². The highest BCUT2D eigenvalue weighted by Gasteiger charge is 2.28. The molecule has 1 saturated heterocycles. The Balaban J connectivity index is 2.30. The minimum Gasteiger partial charge on any atom is -0.378 e. The Bertz CT molecular complexity index is 213. The van der Waals surface area contributed by atoms with Gasteiger partial charge >= 0.3 is 0 Å². The van der Waals surface area contributed by atoms with Gasteiger partial charge in [-0.2, -0.15) is 0 Å². The maximum atomic E-state index is 12.0. The van der Waals surface area contributed by atoms with E-state index in [1.54, 1.807) is 0 Å². The summed E-state index contributed by atoms with van der Waals surface area (Å²) in [4.78, 5) is 12.0. The molecule has 0 bridgehead atoms. The predicted octanol–water partition coefficient (Wildman–Crippen LogP) is 3.59. The molecule has 0 saturated carbocycles. The first-order valence-corrected chi connectivity index (χ1v) is 6.81. The zero-order chi connectivity index (χ0) is 12.0. The van der Waals surface area contributed by atoms with Crippen LogP contribution in [0.3, 0.4) is 0 Å². The molecule has 0 N–H and O–H groups in total. The summed E-state index contributed by atoms with van der Waals surface area (Å²) in [6.45, 7) is 7.12. The van der Waals surface area contributed by atoms with Crippen molar-refractivity contribution >= 4 is 5.78 Å². The molecular weight excluding hydrogens is 200 g/mol. The molecule has 3 unspecified atom stereocenters. The van der Waals surface area contributed by atoms with E-state index in [1.165, 1.54) is 19.3 Å². The summed E-state index contributed by atoms with van der Waals surface area (Å²) < 4.78 is 5.46.